The highest BCUT2D eigenvalue weighted by molar-refractivity contribution is 6.22. The van der Waals surface area contributed by atoms with E-state index in [-0.39, 0.29) is 32.1 Å². The van der Waals surface area contributed by atoms with Crippen LogP contribution in [0.3, 0.4) is 0 Å². The Morgan fingerprint density at radius 3 is 2.10 bits per heavy atom. The third-order valence-electron chi connectivity index (χ3n) is 4.86. The Kier molecular flexibility index (Phi) is 6.46. The SMILES string of the molecule is Cc1cccc(OCC(=O)NCCNC(=O)CN2C(=O)c3ccccc3C2=O)c1C. The minimum atomic E-state index is -0.484. The number of rotatable bonds is 8. The van der Waals surface area contributed by atoms with Crippen LogP contribution in [0.4, 0.5) is 0 Å². The van der Waals surface area contributed by atoms with Crippen molar-refractivity contribution >= 4 is 23.6 Å². The van der Waals surface area contributed by atoms with Crippen LogP contribution in [0.15, 0.2) is 42.5 Å². The second-order valence-corrected chi connectivity index (χ2v) is 6.93. The Bertz CT molecular complexity index is 967. The Morgan fingerprint density at radius 2 is 1.47 bits per heavy atom. The maximum absolute atomic E-state index is 12.2. The minimum absolute atomic E-state index is 0.132. The van der Waals surface area contributed by atoms with E-state index in [0.29, 0.717) is 16.9 Å². The fourth-order valence-electron chi connectivity index (χ4n) is 3.06. The molecule has 2 aromatic rings. The van der Waals surface area contributed by atoms with Crippen LogP contribution in [0.2, 0.25) is 0 Å². The summed E-state index contributed by atoms with van der Waals surface area (Å²) in [5.74, 6) is -1.11. The summed E-state index contributed by atoms with van der Waals surface area (Å²) in [7, 11) is 0. The first-order valence-corrected chi connectivity index (χ1v) is 9.56. The van der Waals surface area contributed by atoms with Crippen LogP contribution < -0.4 is 15.4 Å². The van der Waals surface area contributed by atoms with E-state index in [2.05, 4.69) is 10.6 Å². The van der Waals surface area contributed by atoms with Gasteiger partial charge in [0, 0.05) is 13.1 Å². The molecule has 0 fully saturated rings. The summed E-state index contributed by atoms with van der Waals surface area (Å²) >= 11 is 0. The van der Waals surface area contributed by atoms with Gasteiger partial charge in [-0.3, -0.25) is 24.1 Å². The van der Waals surface area contributed by atoms with Gasteiger partial charge in [0.25, 0.3) is 17.7 Å². The van der Waals surface area contributed by atoms with Gasteiger partial charge in [0.15, 0.2) is 6.61 Å². The zero-order chi connectivity index (χ0) is 21.7. The van der Waals surface area contributed by atoms with E-state index in [1.165, 1.54) is 0 Å². The molecule has 30 heavy (non-hydrogen) atoms. The molecule has 1 heterocycles. The molecule has 2 N–H and O–H groups in total. The third kappa shape index (κ3) is 4.65. The van der Waals surface area contributed by atoms with E-state index in [1.807, 2.05) is 26.0 Å². The number of aryl methyl sites for hydroxylation is 1. The summed E-state index contributed by atoms with van der Waals surface area (Å²) in [6.07, 6.45) is 0. The molecule has 2 aromatic carbocycles. The first-order valence-electron chi connectivity index (χ1n) is 9.56. The maximum atomic E-state index is 12.2. The van der Waals surface area contributed by atoms with Gasteiger partial charge in [-0.05, 0) is 43.2 Å². The van der Waals surface area contributed by atoms with E-state index < -0.39 is 17.7 Å². The first kappa shape index (κ1) is 21.0. The summed E-state index contributed by atoms with van der Waals surface area (Å²) in [6, 6.07) is 12.1. The monoisotopic (exact) mass is 409 g/mol. The Morgan fingerprint density at radius 1 is 0.867 bits per heavy atom. The van der Waals surface area contributed by atoms with Crippen LogP contribution in [0.1, 0.15) is 31.8 Å². The average Bonchev–Trinajstić information content (AvgIpc) is 2.97. The molecule has 156 valence electrons. The maximum Gasteiger partial charge on any atom is 0.262 e. The second kappa shape index (κ2) is 9.21. The van der Waals surface area contributed by atoms with Gasteiger partial charge >= 0.3 is 0 Å². The smallest absolute Gasteiger partial charge is 0.262 e. The molecule has 8 heteroatoms. The number of hydrogen-bond acceptors (Lipinski definition) is 5. The number of ether oxygens (including phenoxy) is 1. The van der Waals surface area contributed by atoms with Crippen LogP contribution in [0.5, 0.6) is 5.75 Å². The zero-order valence-electron chi connectivity index (χ0n) is 16.9. The molecule has 0 aromatic heterocycles. The fraction of sp³-hybridized carbons (Fsp3) is 0.273. The van der Waals surface area contributed by atoms with E-state index in [1.54, 1.807) is 30.3 Å². The number of nitrogens with zero attached hydrogens (tertiary/aromatic N) is 1. The number of fused-ring (bicyclic) bond motifs is 1. The molecule has 0 radical (unpaired) electrons. The van der Waals surface area contributed by atoms with Crippen molar-refractivity contribution in [2.24, 2.45) is 0 Å². The molecule has 4 amide bonds. The average molecular weight is 409 g/mol. The number of benzene rings is 2. The van der Waals surface area contributed by atoms with Crippen LogP contribution in [0.25, 0.3) is 0 Å². The zero-order valence-corrected chi connectivity index (χ0v) is 16.9. The number of carbonyl (C=O) groups excluding carboxylic acids is 4. The van der Waals surface area contributed by atoms with Crippen molar-refractivity contribution in [2.45, 2.75) is 13.8 Å². The third-order valence-corrected chi connectivity index (χ3v) is 4.86. The van der Waals surface area contributed by atoms with Gasteiger partial charge in [0.2, 0.25) is 5.91 Å². The van der Waals surface area contributed by atoms with E-state index in [0.717, 1.165) is 16.0 Å². The molecule has 0 bridgehead atoms. The van der Waals surface area contributed by atoms with Crippen LogP contribution >= 0.6 is 0 Å². The lowest BCUT2D eigenvalue weighted by Gasteiger charge is -2.14. The summed E-state index contributed by atoms with van der Waals surface area (Å²) < 4.78 is 5.52. The van der Waals surface area contributed by atoms with Gasteiger partial charge in [-0.25, -0.2) is 0 Å². The second-order valence-electron chi connectivity index (χ2n) is 6.93. The van der Waals surface area contributed by atoms with Crippen molar-refractivity contribution in [3.8, 4) is 5.75 Å². The standard InChI is InChI=1S/C22H23N3O5/c1-14-6-5-9-18(15(14)2)30-13-20(27)24-11-10-23-19(26)12-25-21(28)16-7-3-4-8-17(16)22(25)29/h3-9H,10-13H2,1-2H3,(H,23,26)(H,24,27). The summed E-state index contributed by atoms with van der Waals surface area (Å²) in [5, 5.41) is 5.22. The molecule has 1 aliphatic heterocycles. The van der Waals surface area contributed by atoms with E-state index in [4.69, 9.17) is 4.74 Å². The van der Waals surface area contributed by atoms with Gasteiger partial charge in [0.1, 0.15) is 12.3 Å². The minimum Gasteiger partial charge on any atom is -0.483 e. The van der Waals surface area contributed by atoms with Gasteiger partial charge in [0.05, 0.1) is 11.1 Å². The lowest BCUT2D eigenvalue weighted by atomic mass is 10.1. The Labute approximate surface area is 174 Å². The van der Waals surface area contributed by atoms with Crippen molar-refractivity contribution in [3.05, 3.63) is 64.7 Å². The highest BCUT2D eigenvalue weighted by Gasteiger charge is 2.36. The fourth-order valence-corrected chi connectivity index (χ4v) is 3.06. The summed E-state index contributed by atoms with van der Waals surface area (Å²) in [5.41, 5.74) is 2.65. The normalized spacial score (nSPS) is 12.5. The van der Waals surface area contributed by atoms with E-state index >= 15 is 0 Å². The molecule has 0 spiro atoms. The molecule has 0 saturated heterocycles. The molecule has 0 unspecified atom stereocenters. The number of hydrogen-bond donors (Lipinski definition) is 2. The Balaban J connectivity index is 1.37. The molecular weight excluding hydrogens is 386 g/mol. The molecular formula is C22H23N3O5. The highest BCUT2D eigenvalue weighted by atomic mass is 16.5. The van der Waals surface area contributed by atoms with Crippen LogP contribution in [0, 0.1) is 13.8 Å². The predicted molar refractivity (Wildman–Crippen MR) is 109 cm³/mol. The largest absolute Gasteiger partial charge is 0.483 e. The molecule has 0 atom stereocenters. The Hall–Kier alpha value is -3.68. The molecule has 1 aliphatic rings. The van der Waals surface area contributed by atoms with Crippen LogP contribution in [-0.4, -0.2) is 54.8 Å². The highest BCUT2D eigenvalue weighted by Crippen LogP contribution is 2.22. The molecule has 0 aliphatic carbocycles. The lowest BCUT2D eigenvalue weighted by Crippen LogP contribution is -2.43. The van der Waals surface area contributed by atoms with E-state index in [9.17, 15) is 19.2 Å². The summed E-state index contributed by atoms with van der Waals surface area (Å²) in [6.45, 7) is 3.75. The molecule has 0 saturated carbocycles. The van der Waals surface area contributed by atoms with Gasteiger partial charge in [-0.15, -0.1) is 0 Å². The van der Waals surface area contributed by atoms with Crippen LogP contribution in [-0.2, 0) is 9.59 Å². The molecule has 3 rings (SSSR count). The number of carbonyl (C=O) groups is 4. The van der Waals surface area contributed by atoms with Gasteiger partial charge in [-0.1, -0.05) is 24.3 Å². The number of amides is 4. The molecule has 8 nitrogen and oxygen atoms in total. The topological polar surface area (TPSA) is 105 Å². The number of imide groups is 1. The quantitative estimate of drug-likeness (QED) is 0.504. The van der Waals surface area contributed by atoms with Crippen molar-refractivity contribution in [1.29, 1.82) is 0 Å². The first-order chi connectivity index (χ1) is 14.4. The number of nitrogens with one attached hydrogen (secondary N) is 2. The van der Waals surface area contributed by atoms with Crippen molar-refractivity contribution in [3.63, 3.8) is 0 Å². The van der Waals surface area contributed by atoms with Gasteiger partial charge < -0.3 is 15.4 Å². The summed E-state index contributed by atoms with van der Waals surface area (Å²) in [4.78, 5) is 49.4. The van der Waals surface area contributed by atoms with Gasteiger partial charge in [-0.2, -0.15) is 0 Å². The van der Waals surface area contributed by atoms with Crippen molar-refractivity contribution in [1.82, 2.24) is 15.5 Å². The van der Waals surface area contributed by atoms with Crippen molar-refractivity contribution < 1.29 is 23.9 Å². The predicted octanol–water partition coefficient (Wildman–Crippen LogP) is 1.21. The van der Waals surface area contributed by atoms with Crippen molar-refractivity contribution in [2.75, 3.05) is 26.2 Å². The lowest BCUT2D eigenvalue weighted by molar-refractivity contribution is -0.124.